The molecule has 5 nitrogen and oxygen atoms in total. The Morgan fingerprint density at radius 1 is 1.12 bits per heavy atom. The number of para-hydroxylation sites is 2. The number of rotatable bonds is 7. The largest absolute Gasteiger partial charge is 0.459 e. The number of nitrogens with zero attached hydrogens (tertiary/aromatic N) is 3. The molecule has 0 bridgehead atoms. The zero-order chi connectivity index (χ0) is 18.5. The van der Waals surface area contributed by atoms with Crippen LogP contribution in [0.15, 0.2) is 54.6 Å². The molecule has 136 valence electrons. The Bertz CT molecular complexity index is 871. The molecule has 0 N–H and O–H groups in total. The smallest absolute Gasteiger partial charge is 0.329 e. The van der Waals surface area contributed by atoms with Gasteiger partial charge in [-0.2, -0.15) is 0 Å². The Morgan fingerprint density at radius 3 is 2.50 bits per heavy atom. The van der Waals surface area contributed by atoms with Gasteiger partial charge in [0.05, 0.1) is 17.6 Å². The van der Waals surface area contributed by atoms with Gasteiger partial charge in [-0.25, -0.2) is 9.78 Å². The molecule has 0 aliphatic carbocycles. The summed E-state index contributed by atoms with van der Waals surface area (Å²) in [6.07, 6.45) is 0.647. The predicted molar refractivity (Wildman–Crippen MR) is 103 cm³/mol. The fourth-order valence-electron chi connectivity index (χ4n) is 3.12. The topological polar surface area (TPSA) is 47.4 Å². The highest BCUT2D eigenvalue weighted by Crippen LogP contribution is 2.25. The fraction of sp³-hybridized carbons (Fsp3) is 0.333. The van der Waals surface area contributed by atoms with E-state index in [1.165, 1.54) is 0 Å². The molecule has 1 heterocycles. The lowest BCUT2D eigenvalue weighted by Gasteiger charge is -2.20. The first-order valence-electron chi connectivity index (χ1n) is 8.91. The molecule has 0 aliphatic rings. The molecule has 0 saturated heterocycles. The Kier molecular flexibility index (Phi) is 5.68. The molecule has 0 amide bonds. The summed E-state index contributed by atoms with van der Waals surface area (Å²) in [5.74, 6) is 0.652. The minimum Gasteiger partial charge on any atom is -0.459 e. The number of hydrogen-bond acceptors (Lipinski definition) is 4. The summed E-state index contributed by atoms with van der Waals surface area (Å²) in [4.78, 5) is 19.6. The van der Waals surface area contributed by atoms with Crippen LogP contribution in [0.4, 0.5) is 0 Å². The molecule has 1 aromatic heterocycles. The number of hydrogen-bond donors (Lipinski definition) is 0. The van der Waals surface area contributed by atoms with Crippen molar-refractivity contribution in [2.75, 3.05) is 14.1 Å². The van der Waals surface area contributed by atoms with Gasteiger partial charge in [-0.3, -0.25) is 0 Å². The number of benzene rings is 2. The van der Waals surface area contributed by atoms with Crippen LogP contribution in [0, 0.1) is 0 Å². The first-order chi connectivity index (χ1) is 12.6. The van der Waals surface area contributed by atoms with E-state index in [-0.39, 0.29) is 18.6 Å². The Hall–Kier alpha value is -2.66. The van der Waals surface area contributed by atoms with Crippen LogP contribution in [0.5, 0.6) is 0 Å². The highest BCUT2D eigenvalue weighted by atomic mass is 16.5. The van der Waals surface area contributed by atoms with Crippen LogP contribution in [0.25, 0.3) is 11.0 Å². The van der Waals surface area contributed by atoms with Crippen LogP contribution in [-0.2, 0) is 22.7 Å². The van der Waals surface area contributed by atoms with E-state index in [4.69, 9.17) is 9.72 Å². The molecule has 5 heteroatoms. The standard InChI is InChI=1S/C21H25N3O2/c1-4-18(21(25)26-15-16-10-6-5-7-11-16)24-19-13-9-8-12-17(19)22-20(24)14-23(2)3/h5-13,18H,4,14-15H2,1-3H3. The molecule has 0 spiro atoms. The maximum atomic E-state index is 12.8. The number of esters is 1. The summed E-state index contributed by atoms with van der Waals surface area (Å²) in [5, 5.41) is 0. The molecule has 0 radical (unpaired) electrons. The summed E-state index contributed by atoms with van der Waals surface area (Å²) in [7, 11) is 4.00. The maximum absolute atomic E-state index is 12.8. The van der Waals surface area contributed by atoms with E-state index in [9.17, 15) is 4.79 Å². The molecular weight excluding hydrogens is 326 g/mol. The quantitative estimate of drug-likeness (QED) is 0.608. The third-order valence-electron chi connectivity index (χ3n) is 4.32. The minimum atomic E-state index is -0.388. The third kappa shape index (κ3) is 3.94. The van der Waals surface area contributed by atoms with Gasteiger partial charge in [0.2, 0.25) is 0 Å². The number of aromatic nitrogens is 2. The molecule has 1 unspecified atom stereocenters. The van der Waals surface area contributed by atoms with E-state index in [1.807, 2.05) is 80.2 Å². The van der Waals surface area contributed by atoms with Crippen molar-refractivity contribution in [1.82, 2.24) is 14.5 Å². The summed E-state index contributed by atoms with van der Waals surface area (Å²) in [5.41, 5.74) is 2.85. The molecule has 1 atom stereocenters. The van der Waals surface area contributed by atoms with Gasteiger partial charge < -0.3 is 14.2 Å². The molecule has 0 saturated carbocycles. The Labute approximate surface area is 154 Å². The van der Waals surface area contributed by atoms with Crippen LogP contribution in [0.1, 0.15) is 30.8 Å². The van der Waals surface area contributed by atoms with Gasteiger partial charge in [0.25, 0.3) is 0 Å². The molecule has 2 aromatic carbocycles. The lowest BCUT2D eigenvalue weighted by atomic mass is 10.2. The van der Waals surface area contributed by atoms with Crippen molar-refractivity contribution >= 4 is 17.0 Å². The molecule has 26 heavy (non-hydrogen) atoms. The normalized spacial score (nSPS) is 12.5. The number of ether oxygens (including phenoxy) is 1. The monoisotopic (exact) mass is 351 g/mol. The van der Waals surface area contributed by atoms with Gasteiger partial charge in [-0.15, -0.1) is 0 Å². The predicted octanol–water partition coefficient (Wildman–Crippen LogP) is 3.79. The van der Waals surface area contributed by atoms with Gasteiger partial charge in [-0.05, 0) is 38.2 Å². The van der Waals surface area contributed by atoms with Crippen molar-refractivity contribution in [1.29, 1.82) is 0 Å². The van der Waals surface area contributed by atoms with Crippen molar-refractivity contribution in [2.24, 2.45) is 0 Å². The lowest BCUT2D eigenvalue weighted by Crippen LogP contribution is -2.25. The van der Waals surface area contributed by atoms with Crippen molar-refractivity contribution < 1.29 is 9.53 Å². The summed E-state index contributed by atoms with van der Waals surface area (Å²) in [6.45, 7) is 2.95. The molecule has 3 aromatic rings. The zero-order valence-corrected chi connectivity index (χ0v) is 15.6. The van der Waals surface area contributed by atoms with E-state index in [0.717, 1.165) is 22.4 Å². The van der Waals surface area contributed by atoms with E-state index >= 15 is 0 Å². The van der Waals surface area contributed by atoms with Gasteiger partial charge >= 0.3 is 5.97 Å². The Morgan fingerprint density at radius 2 is 1.81 bits per heavy atom. The van der Waals surface area contributed by atoms with E-state index in [0.29, 0.717) is 13.0 Å². The van der Waals surface area contributed by atoms with Crippen LogP contribution < -0.4 is 0 Å². The Balaban J connectivity index is 1.89. The molecule has 0 fully saturated rings. The van der Waals surface area contributed by atoms with Gasteiger partial charge in [0.15, 0.2) is 0 Å². The van der Waals surface area contributed by atoms with Gasteiger partial charge in [-0.1, -0.05) is 49.4 Å². The second-order valence-corrected chi connectivity index (χ2v) is 6.64. The van der Waals surface area contributed by atoms with Crippen LogP contribution in [-0.4, -0.2) is 34.5 Å². The third-order valence-corrected chi connectivity index (χ3v) is 4.32. The second kappa shape index (κ2) is 8.15. The van der Waals surface area contributed by atoms with Gasteiger partial charge in [0.1, 0.15) is 18.5 Å². The second-order valence-electron chi connectivity index (χ2n) is 6.64. The summed E-state index contributed by atoms with van der Waals surface area (Å²) in [6, 6.07) is 17.3. The van der Waals surface area contributed by atoms with Crippen molar-refractivity contribution in [2.45, 2.75) is 32.5 Å². The SMILES string of the molecule is CCC(C(=O)OCc1ccccc1)n1c(CN(C)C)nc2ccccc21. The van der Waals surface area contributed by atoms with E-state index in [1.54, 1.807) is 0 Å². The lowest BCUT2D eigenvalue weighted by molar-refractivity contribution is -0.149. The first kappa shape index (κ1) is 18.1. The molecular formula is C21H25N3O2. The number of carbonyl (C=O) groups is 1. The number of carbonyl (C=O) groups excluding carboxylic acids is 1. The zero-order valence-electron chi connectivity index (χ0n) is 15.6. The molecule has 3 rings (SSSR count). The van der Waals surface area contributed by atoms with Crippen LogP contribution in [0.2, 0.25) is 0 Å². The van der Waals surface area contributed by atoms with E-state index in [2.05, 4.69) is 4.90 Å². The van der Waals surface area contributed by atoms with Gasteiger partial charge in [0, 0.05) is 0 Å². The van der Waals surface area contributed by atoms with Crippen LogP contribution in [0.3, 0.4) is 0 Å². The molecule has 0 aliphatic heterocycles. The van der Waals surface area contributed by atoms with Crippen molar-refractivity contribution in [3.63, 3.8) is 0 Å². The fourth-order valence-corrected chi connectivity index (χ4v) is 3.12. The number of imidazole rings is 1. The summed E-state index contributed by atoms with van der Waals surface area (Å²) < 4.78 is 7.64. The van der Waals surface area contributed by atoms with Crippen LogP contribution >= 0.6 is 0 Å². The first-order valence-corrected chi connectivity index (χ1v) is 8.91. The highest BCUT2D eigenvalue weighted by molar-refractivity contribution is 5.81. The average Bonchev–Trinajstić information content (AvgIpc) is 2.99. The number of fused-ring (bicyclic) bond motifs is 1. The summed E-state index contributed by atoms with van der Waals surface area (Å²) >= 11 is 0. The maximum Gasteiger partial charge on any atom is 0.329 e. The minimum absolute atomic E-state index is 0.223. The highest BCUT2D eigenvalue weighted by Gasteiger charge is 2.25. The van der Waals surface area contributed by atoms with E-state index < -0.39 is 0 Å². The average molecular weight is 351 g/mol. The van der Waals surface area contributed by atoms with Crippen molar-refractivity contribution in [3.8, 4) is 0 Å². The van der Waals surface area contributed by atoms with Crippen molar-refractivity contribution in [3.05, 3.63) is 66.0 Å².